The van der Waals surface area contributed by atoms with Crippen molar-refractivity contribution in [2.75, 3.05) is 11.4 Å². The van der Waals surface area contributed by atoms with Gasteiger partial charge in [-0.1, -0.05) is 25.1 Å². The lowest BCUT2D eigenvalue weighted by atomic mass is 9.89. The molecule has 1 N–H and O–H groups in total. The smallest absolute Gasteiger partial charge is 0.259 e. The number of para-hydroxylation sites is 1. The molecule has 0 fully saturated rings. The van der Waals surface area contributed by atoms with Crippen molar-refractivity contribution in [3.8, 4) is 0 Å². The quantitative estimate of drug-likeness (QED) is 0.739. The summed E-state index contributed by atoms with van der Waals surface area (Å²) >= 11 is 1.73. The van der Waals surface area contributed by atoms with Crippen LogP contribution in [0.5, 0.6) is 0 Å². The van der Waals surface area contributed by atoms with Gasteiger partial charge in [0, 0.05) is 17.1 Å². The average Bonchev–Trinajstić information content (AvgIpc) is 3.21. The SMILES string of the molecule is C[C@H]1CCc2c(sc3nc([C@H](C)N4CCc5ccccc54)[nH]c(=O)c23)C1. The molecule has 0 saturated carbocycles. The summed E-state index contributed by atoms with van der Waals surface area (Å²) in [6, 6.07) is 8.60. The highest BCUT2D eigenvalue weighted by Crippen LogP contribution is 2.37. The number of hydrogen-bond donors (Lipinski definition) is 1. The molecular formula is C21H23N3OS. The Morgan fingerprint density at radius 2 is 2.15 bits per heavy atom. The highest BCUT2D eigenvalue weighted by atomic mass is 32.1. The molecule has 5 rings (SSSR count). The van der Waals surface area contributed by atoms with Gasteiger partial charge in [-0.05, 0) is 55.7 Å². The number of aryl methyl sites for hydroxylation is 1. The predicted octanol–water partition coefficient (Wildman–Crippen LogP) is 4.23. The van der Waals surface area contributed by atoms with Gasteiger partial charge in [-0.3, -0.25) is 4.79 Å². The van der Waals surface area contributed by atoms with Crippen LogP contribution in [-0.4, -0.2) is 16.5 Å². The van der Waals surface area contributed by atoms with Crippen LogP contribution in [0, 0.1) is 5.92 Å². The Morgan fingerprint density at radius 3 is 3.04 bits per heavy atom. The maximum atomic E-state index is 12.9. The van der Waals surface area contributed by atoms with Crippen LogP contribution < -0.4 is 10.5 Å². The van der Waals surface area contributed by atoms with Gasteiger partial charge in [-0.2, -0.15) is 0 Å². The van der Waals surface area contributed by atoms with Crippen LogP contribution in [0.4, 0.5) is 5.69 Å². The molecule has 0 bridgehead atoms. The molecule has 1 aliphatic heterocycles. The largest absolute Gasteiger partial charge is 0.361 e. The van der Waals surface area contributed by atoms with Crippen molar-refractivity contribution in [1.29, 1.82) is 0 Å². The zero-order valence-corrected chi connectivity index (χ0v) is 16.0. The zero-order valence-electron chi connectivity index (χ0n) is 15.2. The number of rotatable bonds is 2. The standard InChI is InChI=1S/C21H23N3OS/c1-12-7-8-15-17(11-12)26-21-18(15)20(25)22-19(23-21)13(2)24-10-9-14-5-3-4-6-16(14)24/h3-6,12-13H,7-11H2,1-2H3,(H,22,23,25)/t12-,13-/m0/s1. The number of nitrogens with zero attached hydrogens (tertiary/aromatic N) is 2. The molecule has 5 heteroatoms. The molecule has 26 heavy (non-hydrogen) atoms. The zero-order chi connectivity index (χ0) is 17.8. The van der Waals surface area contributed by atoms with E-state index in [1.54, 1.807) is 11.3 Å². The van der Waals surface area contributed by atoms with Crippen molar-refractivity contribution in [1.82, 2.24) is 9.97 Å². The molecule has 0 unspecified atom stereocenters. The number of thiophene rings is 1. The lowest BCUT2D eigenvalue weighted by molar-refractivity contribution is 0.509. The van der Waals surface area contributed by atoms with Crippen LogP contribution in [0.1, 0.15) is 48.1 Å². The highest BCUT2D eigenvalue weighted by Gasteiger charge is 2.27. The van der Waals surface area contributed by atoms with Gasteiger partial charge in [0.2, 0.25) is 0 Å². The summed E-state index contributed by atoms with van der Waals surface area (Å²) in [6.07, 6.45) is 4.31. The molecule has 1 aliphatic carbocycles. The van der Waals surface area contributed by atoms with E-state index in [2.05, 4.69) is 48.0 Å². The number of anilines is 1. The number of benzene rings is 1. The van der Waals surface area contributed by atoms with Crippen molar-refractivity contribution in [3.63, 3.8) is 0 Å². The maximum Gasteiger partial charge on any atom is 0.259 e. The first-order valence-corrected chi connectivity index (χ1v) is 10.3. The van der Waals surface area contributed by atoms with E-state index < -0.39 is 0 Å². The third-order valence-electron chi connectivity index (χ3n) is 5.97. The molecule has 3 heterocycles. The van der Waals surface area contributed by atoms with E-state index in [1.165, 1.54) is 28.1 Å². The number of aromatic amines is 1. The predicted molar refractivity (Wildman–Crippen MR) is 107 cm³/mol. The van der Waals surface area contributed by atoms with Crippen LogP contribution in [-0.2, 0) is 19.3 Å². The Bertz CT molecular complexity index is 1050. The first-order chi connectivity index (χ1) is 12.6. The van der Waals surface area contributed by atoms with Crippen molar-refractivity contribution >= 4 is 27.2 Å². The molecular weight excluding hydrogens is 342 g/mol. The third kappa shape index (κ3) is 2.41. The van der Waals surface area contributed by atoms with Gasteiger partial charge in [-0.25, -0.2) is 4.98 Å². The maximum absolute atomic E-state index is 12.9. The van der Waals surface area contributed by atoms with Gasteiger partial charge < -0.3 is 9.88 Å². The van der Waals surface area contributed by atoms with Gasteiger partial charge in [0.05, 0.1) is 11.4 Å². The Balaban J connectivity index is 1.57. The van der Waals surface area contributed by atoms with Gasteiger partial charge in [-0.15, -0.1) is 11.3 Å². The average molecular weight is 366 g/mol. The summed E-state index contributed by atoms with van der Waals surface area (Å²) in [6.45, 7) is 5.41. The number of H-pyrrole nitrogens is 1. The molecule has 0 amide bonds. The van der Waals surface area contributed by atoms with Crippen LogP contribution in [0.3, 0.4) is 0 Å². The van der Waals surface area contributed by atoms with Crippen molar-refractivity contribution in [3.05, 3.63) is 56.4 Å². The van der Waals surface area contributed by atoms with Gasteiger partial charge in [0.15, 0.2) is 0 Å². The topological polar surface area (TPSA) is 49.0 Å². The van der Waals surface area contributed by atoms with E-state index in [9.17, 15) is 4.79 Å². The van der Waals surface area contributed by atoms with Crippen LogP contribution >= 0.6 is 11.3 Å². The van der Waals surface area contributed by atoms with Crippen molar-refractivity contribution < 1.29 is 0 Å². The van der Waals surface area contributed by atoms with Crippen LogP contribution in [0.25, 0.3) is 10.2 Å². The molecule has 134 valence electrons. The fourth-order valence-corrected chi connectivity index (χ4v) is 5.87. The molecule has 2 aromatic heterocycles. The Hall–Kier alpha value is -2.14. The summed E-state index contributed by atoms with van der Waals surface area (Å²) in [5.41, 5.74) is 3.93. The second-order valence-electron chi connectivity index (χ2n) is 7.73. The minimum atomic E-state index is 0.0383. The first kappa shape index (κ1) is 16.1. The minimum Gasteiger partial charge on any atom is -0.361 e. The van der Waals surface area contributed by atoms with E-state index in [1.807, 2.05) is 0 Å². The molecule has 1 aromatic carbocycles. The monoisotopic (exact) mass is 365 g/mol. The Labute approximate surface area is 156 Å². The van der Waals surface area contributed by atoms with Crippen LogP contribution in [0.15, 0.2) is 29.1 Å². The molecule has 0 radical (unpaired) electrons. The third-order valence-corrected chi connectivity index (χ3v) is 7.12. The number of fused-ring (bicyclic) bond motifs is 4. The highest BCUT2D eigenvalue weighted by molar-refractivity contribution is 7.18. The fourth-order valence-electron chi connectivity index (χ4n) is 4.48. The van der Waals surface area contributed by atoms with E-state index >= 15 is 0 Å². The van der Waals surface area contributed by atoms with Gasteiger partial charge in [0.25, 0.3) is 5.56 Å². The molecule has 4 nitrogen and oxygen atoms in total. The van der Waals surface area contributed by atoms with Crippen molar-refractivity contribution in [2.24, 2.45) is 5.92 Å². The second-order valence-corrected chi connectivity index (χ2v) is 8.81. The summed E-state index contributed by atoms with van der Waals surface area (Å²) in [5.74, 6) is 1.49. The summed E-state index contributed by atoms with van der Waals surface area (Å²) in [4.78, 5) is 25.5. The lowest BCUT2D eigenvalue weighted by Gasteiger charge is -2.26. The molecule has 3 aromatic rings. The fraction of sp³-hybridized carbons (Fsp3) is 0.429. The Morgan fingerprint density at radius 1 is 1.31 bits per heavy atom. The van der Waals surface area contributed by atoms with Gasteiger partial charge >= 0.3 is 0 Å². The molecule has 2 aliphatic rings. The van der Waals surface area contributed by atoms with Gasteiger partial charge in [0.1, 0.15) is 10.7 Å². The summed E-state index contributed by atoms with van der Waals surface area (Å²) in [5, 5.41) is 0.842. The second kappa shape index (κ2) is 5.95. The minimum absolute atomic E-state index is 0.0383. The molecule has 0 spiro atoms. The first-order valence-electron chi connectivity index (χ1n) is 9.51. The number of nitrogens with one attached hydrogen (secondary N) is 1. The van der Waals surface area contributed by atoms with E-state index in [0.717, 1.165) is 41.8 Å². The Kier molecular flexibility index (Phi) is 3.67. The van der Waals surface area contributed by atoms with Crippen LogP contribution in [0.2, 0.25) is 0 Å². The molecule has 2 atom stereocenters. The summed E-state index contributed by atoms with van der Waals surface area (Å²) < 4.78 is 0. The normalized spacial score (nSPS) is 20.2. The molecule has 0 saturated heterocycles. The van der Waals surface area contributed by atoms with E-state index in [0.29, 0.717) is 5.92 Å². The number of aromatic nitrogens is 2. The number of hydrogen-bond acceptors (Lipinski definition) is 4. The van der Waals surface area contributed by atoms with E-state index in [-0.39, 0.29) is 11.6 Å². The van der Waals surface area contributed by atoms with Crippen molar-refractivity contribution in [2.45, 2.75) is 45.6 Å². The van der Waals surface area contributed by atoms with E-state index in [4.69, 9.17) is 4.98 Å². The lowest BCUT2D eigenvalue weighted by Crippen LogP contribution is -2.28. The summed E-state index contributed by atoms with van der Waals surface area (Å²) in [7, 11) is 0.